The molecule has 1 fully saturated rings. The standard InChI is InChI=1S/C17H29N5O2/c1-6-7-8-18-12-9-16(2,3)22(17(4,5)10-12)15-20-11-19-13(21-15)14(23)24/h11-12,18H,6-10H2,1-5H3,(H,23,24). The Balaban J connectivity index is 2.27. The van der Waals surface area contributed by atoms with Crippen LogP contribution in [-0.2, 0) is 0 Å². The molecule has 0 amide bonds. The average molecular weight is 335 g/mol. The summed E-state index contributed by atoms with van der Waals surface area (Å²) in [6.45, 7) is 11.9. The molecule has 0 aliphatic carbocycles. The number of hydrogen-bond acceptors (Lipinski definition) is 6. The van der Waals surface area contributed by atoms with Crippen molar-refractivity contribution >= 4 is 11.9 Å². The van der Waals surface area contributed by atoms with Crippen LogP contribution >= 0.6 is 0 Å². The quantitative estimate of drug-likeness (QED) is 0.772. The van der Waals surface area contributed by atoms with E-state index in [1.54, 1.807) is 0 Å². The lowest BCUT2D eigenvalue weighted by molar-refractivity contribution is 0.0682. The fourth-order valence-electron chi connectivity index (χ4n) is 3.95. The second-order valence-corrected chi connectivity index (χ2v) is 7.79. The number of hydrogen-bond donors (Lipinski definition) is 2. The molecule has 2 rings (SSSR count). The van der Waals surface area contributed by atoms with Crippen LogP contribution in [0, 0.1) is 0 Å². The lowest BCUT2D eigenvalue weighted by Crippen LogP contribution is -2.64. The first-order valence-corrected chi connectivity index (χ1v) is 8.63. The van der Waals surface area contributed by atoms with E-state index in [0.717, 1.165) is 19.4 Å². The van der Waals surface area contributed by atoms with Crippen molar-refractivity contribution in [2.75, 3.05) is 11.4 Å². The molecule has 0 spiro atoms. The van der Waals surface area contributed by atoms with Crippen molar-refractivity contribution in [3.63, 3.8) is 0 Å². The molecule has 1 aliphatic heterocycles. The van der Waals surface area contributed by atoms with Gasteiger partial charge in [0.25, 0.3) is 0 Å². The molecule has 0 bridgehead atoms. The fraction of sp³-hybridized carbons (Fsp3) is 0.765. The van der Waals surface area contributed by atoms with Gasteiger partial charge in [-0.25, -0.2) is 14.8 Å². The van der Waals surface area contributed by atoms with E-state index < -0.39 is 5.97 Å². The first kappa shape index (κ1) is 18.6. The zero-order valence-corrected chi connectivity index (χ0v) is 15.3. The average Bonchev–Trinajstić information content (AvgIpc) is 2.45. The molecule has 2 N–H and O–H groups in total. The van der Waals surface area contributed by atoms with Gasteiger partial charge in [-0.3, -0.25) is 0 Å². The minimum atomic E-state index is -1.13. The molecule has 7 heteroatoms. The summed E-state index contributed by atoms with van der Waals surface area (Å²) in [4.78, 5) is 25.5. The number of unbranched alkanes of at least 4 members (excludes halogenated alkanes) is 1. The summed E-state index contributed by atoms with van der Waals surface area (Å²) in [5.74, 6) is -0.912. The number of carbonyl (C=O) groups is 1. The van der Waals surface area contributed by atoms with E-state index in [0.29, 0.717) is 12.0 Å². The summed E-state index contributed by atoms with van der Waals surface area (Å²) in [7, 11) is 0. The van der Waals surface area contributed by atoms with E-state index >= 15 is 0 Å². The Kier molecular flexibility index (Phi) is 5.42. The third kappa shape index (κ3) is 4.01. The number of nitrogens with one attached hydrogen (secondary N) is 1. The first-order chi connectivity index (χ1) is 11.2. The molecule has 24 heavy (non-hydrogen) atoms. The molecule has 1 saturated heterocycles. The normalized spacial score (nSPS) is 20.1. The molecule has 7 nitrogen and oxygen atoms in total. The predicted molar refractivity (Wildman–Crippen MR) is 93.4 cm³/mol. The summed E-state index contributed by atoms with van der Waals surface area (Å²) in [6, 6.07) is 0.429. The Morgan fingerprint density at radius 3 is 2.46 bits per heavy atom. The van der Waals surface area contributed by atoms with Gasteiger partial charge in [0.1, 0.15) is 6.33 Å². The molecule has 0 radical (unpaired) electrons. The number of anilines is 1. The van der Waals surface area contributed by atoms with Crippen LogP contribution in [-0.4, -0.2) is 49.7 Å². The van der Waals surface area contributed by atoms with E-state index in [1.165, 1.54) is 19.2 Å². The van der Waals surface area contributed by atoms with Gasteiger partial charge in [-0.2, -0.15) is 4.98 Å². The summed E-state index contributed by atoms with van der Waals surface area (Å²) < 4.78 is 0. The third-order valence-electron chi connectivity index (χ3n) is 4.62. The molecule has 0 saturated carbocycles. The Hall–Kier alpha value is -1.76. The molecule has 0 unspecified atom stereocenters. The Morgan fingerprint density at radius 2 is 1.92 bits per heavy atom. The highest BCUT2D eigenvalue weighted by Crippen LogP contribution is 2.40. The van der Waals surface area contributed by atoms with Crippen molar-refractivity contribution in [1.82, 2.24) is 20.3 Å². The Morgan fingerprint density at radius 1 is 1.29 bits per heavy atom. The summed E-state index contributed by atoms with van der Waals surface area (Å²) in [6.07, 6.45) is 5.55. The van der Waals surface area contributed by atoms with Gasteiger partial charge in [0, 0.05) is 17.1 Å². The van der Waals surface area contributed by atoms with Crippen LogP contribution in [0.3, 0.4) is 0 Å². The van der Waals surface area contributed by atoms with Crippen molar-refractivity contribution in [3.05, 3.63) is 12.2 Å². The number of carboxylic acid groups (broad SMARTS) is 1. The predicted octanol–water partition coefficient (Wildman–Crippen LogP) is 2.49. The van der Waals surface area contributed by atoms with Gasteiger partial charge in [0.15, 0.2) is 0 Å². The molecule has 0 aromatic carbocycles. The van der Waals surface area contributed by atoms with Crippen molar-refractivity contribution in [2.45, 2.75) is 77.4 Å². The third-order valence-corrected chi connectivity index (χ3v) is 4.62. The van der Waals surface area contributed by atoms with E-state index in [2.05, 4.69) is 59.8 Å². The van der Waals surface area contributed by atoms with Crippen LogP contribution in [0.15, 0.2) is 6.33 Å². The lowest BCUT2D eigenvalue weighted by atomic mass is 9.77. The number of nitrogens with zero attached hydrogens (tertiary/aromatic N) is 4. The highest BCUT2D eigenvalue weighted by Gasteiger charge is 2.46. The zero-order valence-electron chi connectivity index (χ0n) is 15.3. The van der Waals surface area contributed by atoms with Crippen molar-refractivity contribution in [3.8, 4) is 0 Å². The topological polar surface area (TPSA) is 91.2 Å². The fourth-order valence-corrected chi connectivity index (χ4v) is 3.95. The van der Waals surface area contributed by atoms with Gasteiger partial charge in [-0.05, 0) is 53.5 Å². The number of piperidine rings is 1. The molecule has 0 atom stereocenters. The van der Waals surface area contributed by atoms with E-state index in [-0.39, 0.29) is 16.9 Å². The molecule has 1 aromatic rings. The number of rotatable bonds is 6. The molecular formula is C17H29N5O2. The molecular weight excluding hydrogens is 306 g/mol. The summed E-state index contributed by atoms with van der Waals surface area (Å²) in [5.41, 5.74) is -0.383. The maximum Gasteiger partial charge on any atom is 0.374 e. The maximum atomic E-state index is 11.2. The number of aromatic nitrogens is 3. The van der Waals surface area contributed by atoms with Gasteiger partial charge in [-0.15, -0.1) is 0 Å². The minimum Gasteiger partial charge on any atom is -0.475 e. The summed E-state index contributed by atoms with van der Waals surface area (Å²) >= 11 is 0. The van der Waals surface area contributed by atoms with Gasteiger partial charge < -0.3 is 15.3 Å². The highest BCUT2D eigenvalue weighted by molar-refractivity contribution is 5.83. The maximum absolute atomic E-state index is 11.2. The molecule has 2 heterocycles. The van der Waals surface area contributed by atoms with Crippen molar-refractivity contribution in [1.29, 1.82) is 0 Å². The smallest absolute Gasteiger partial charge is 0.374 e. The van der Waals surface area contributed by atoms with Crippen LogP contribution in [0.1, 0.15) is 70.9 Å². The molecule has 134 valence electrons. The van der Waals surface area contributed by atoms with Crippen LogP contribution in [0.5, 0.6) is 0 Å². The second-order valence-electron chi connectivity index (χ2n) is 7.79. The zero-order chi connectivity index (χ0) is 18.0. The van der Waals surface area contributed by atoms with Crippen LogP contribution in [0.2, 0.25) is 0 Å². The van der Waals surface area contributed by atoms with E-state index in [4.69, 9.17) is 5.11 Å². The lowest BCUT2D eigenvalue weighted by Gasteiger charge is -2.55. The van der Waals surface area contributed by atoms with Gasteiger partial charge in [0.05, 0.1) is 0 Å². The van der Waals surface area contributed by atoms with Crippen LogP contribution in [0.25, 0.3) is 0 Å². The van der Waals surface area contributed by atoms with Crippen LogP contribution in [0.4, 0.5) is 5.95 Å². The van der Waals surface area contributed by atoms with Crippen molar-refractivity contribution < 1.29 is 9.90 Å². The van der Waals surface area contributed by atoms with E-state index in [1.807, 2.05) is 0 Å². The van der Waals surface area contributed by atoms with Gasteiger partial charge >= 0.3 is 5.97 Å². The monoisotopic (exact) mass is 335 g/mol. The SMILES string of the molecule is CCCCNC1CC(C)(C)N(c2ncnc(C(=O)O)n2)C(C)(C)C1. The van der Waals surface area contributed by atoms with Crippen LogP contribution < -0.4 is 10.2 Å². The number of aromatic carboxylic acids is 1. The molecule has 1 aromatic heterocycles. The largest absolute Gasteiger partial charge is 0.475 e. The van der Waals surface area contributed by atoms with Gasteiger partial charge in [-0.1, -0.05) is 13.3 Å². The number of carboxylic acids is 1. The first-order valence-electron chi connectivity index (χ1n) is 8.63. The second kappa shape index (κ2) is 7.01. The minimum absolute atomic E-state index is 0.192. The summed E-state index contributed by atoms with van der Waals surface area (Å²) in [5, 5.41) is 12.8. The Labute approximate surface area is 143 Å². The molecule has 1 aliphatic rings. The highest BCUT2D eigenvalue weighted by atomic mass is 16.4. The van der Waals surface area contributed by atoms with Gasteiger partial charge in [0.2, 0.25) is 11.8 Å². The Bertz CT molecular complexity index is 570. The van der Waals surface area contributed by atoms with Crippen molar-refractivity contribution in [2.24, 2.45) is 0 Å². The van der Waals surface area contributed by atoms with E-state index in [9.17, 15) is 4.79 Å².